The molecular weight excluding hydrogens is 272 g/mol. The molecule has 5 atom stereocenters. The van der Waals surface area contributed by atoms with E-state index >= 15 is 0 Å². The zero-order valence-electron chi connectivity index (χ0n) is 12.5. The van der Waals surface area contributed by atoms with E-state index in [9.17, 15) is 19.8 Å². The van der Waals surface area contributed by atoms with E-state index in [4.69, 9.17) is 4.74 Å². The Hall–Kier alpha value is -1.36. The van der Waals surface area contributed by atoms with Gasteiger partial charge in [0.05, 0.1) is 18.4 Å². The second-order valence-corrected chi connectivity index (χ2v) is 7.26. The number of rotatable bonds is 2. The molecule has 2 fully saturated rings. The van der Waals surface area contributed by atoms with Crippen LogP contribution in [0.4, 0.5) is 0 Å². The third-order valence-corrected chi connectivity index (χ3v) is 6.18. The Morgan fingerprint density at radius 2 is 2.14 bits per heavy atom. The van der Waals surface area contributed by atoms with Crippen LogP contribution >= 0.6 is 0 Å². The molecular formula is C16H22O5. The fourth-order valence-corrected chi connectivity index (χ4v) is 5.00. The van der Waals surface area contributed by atoms with Crippen LogP contribution in [0.25, 0.3) is 0 Å². The predicted molar refractivity (Wildman–Crippen MR) is 74.3 cm³/mol. The monoisotopic (exact) mass is 294 g/mol. The molecule has 2 aliphatic carbocycles. The molecule has 0 unspecified atom stereocenters. The molecule has 21 heavy (non-hydrogen) atoms. The Bertz CT molecular complexity index is 527. The van der Waals surface area contributed by atoms with Crippen molar-refractivity contribution in [1.82, 2.24) is 0 Å². The average Bonchev–Trinajstić information content (AvgIpc) is 2.77. The van der Waals surface area contributed by atoms with E-state index in [-0.39, 0.29) is 36.2 Å². The highest BCUT2D eigenvalue weighted by atomic mass is 16.6. The highest BCUT2D eigenvalue weighted by molar-refractivity contribution is 5.77. The molecule has 0 aromatic carbocycles. The number of aliphatic hydroxyl groups is 1. The molecule has 116 valence electrons. The third-order valence-electron chi connectivity index (χ3n) is 6.18. The van der Waals surface area contributed by atoms with Gasteiger partial charge in [-0.2, -0.15) is 0 Å². The zero-order valence-corrected chi connectivity index (χ0v) is 12.5. The largest absolute Gasteiger partial charge is 0.481 e. The summed E-state index contributed by atoms with van der Waals surface area (Å²) in [5.41, 5.74) is -2.12. The van der Waals surface area contributed by atoms with Gasteiger partial charge >= 0.3 is 11.9 Å². The minimum Gasteiger partial charge on any atom is -0.481 e. The van der Waals surface area contributed by atoms with Gasteiger partial charge in [-0.1, -0.05) is 19.4 Å². The van der Waals surface area contributed by atoms with E-state index in [0.29, 0.717) is 6.42 Å². The highest BCUT2D eigenvalue weighted by Crippen LogP contribution is 2.62. The number of allylic oxidation sites excluding steroid dienone is 1. The number of hydrogen-bond acceptors (Lipinski definition) is 4. The molecule has 0 aromatic heterocycles. The number of carbonyl (C=O) groups excluding carboxylic acids is 1. The maximum atomic E-state index is 11.8. The van der Waals surface area contributed by atoms with Gasteiger partial charge in [0.25, 0.3) is 0 Å². The van der Waals surface area contributed by atoms with Crippen molar-refractivity contribution in [3.8, 4) is 0 Å². The predicted octanol–water partition coefficient (Wildman–Crippen LogP) is 1.75. The van der Waals surface area contributed by atoms with Crippen molar-refractivity contribution in [2.75, 3.05) is 6.61 Å². The lowest BCUT2D eigenvalue weighted by Gasteiger charge is -2.56. The van der Waals surface area contributed by atoms with Gasteiger partial charge in [-0.25, -0.2) is 0 Å². The SMILES string of the molecule is C[C@]12CCC[C@](C)(C(=O)O)[C@@H]1C=C[C@]1(CO)OC(=O)C[C@H]21. The summed E-state index contributed by atoms with van der Waals surface area (Å²) in [5.74, 6) is -1.39. The Morgan fingerprint density at radius 1 is 1.43 bits per heavy atom. The van der Waals surface area contributed by atoms with Gasteiger partial charge in [0.15, 0.2) is 5.60 Å². The fourth-order valence-electron chi connectivity index (χ4n) is 5.00. The van der Waals surface area contributed by atoms with Gasteiger partial charge in [0, 0.05) is 5.92 Å². The van der Waals surface area contributed by atoms with Gasteiger partial charge in [-0.3, -0.25) is 9.59 Å². The fraction of sp³-hybridized carbons (Fsp3) is 0.750. The first-order valence-corrected chi connectivity index (χ1v) is 7.54. The number of hydrogen-bond donors (Lipinski definition) is 2. The van der Waals surface area contributed by atoms with Crippen LogP contribution in [0.15, 0.2) is 12.2 Å². The average molecular weight is 294 g/mol. The molecule has 0 aromatic rings. The van der Waals surface area contributed by atoms with Gasteiger partial charge in [-0.05, 0) is 37.2 Å². The van der Waals surface area contributed by atoms with Crippen LogP contribution in [0.5, 0.6) is 0 Å². The van der Waals surface area contributed by atoms with Crippen molar-refractivity contribution in [1.29, 1.82) is 0 Å². The normalized spacial score (nSPS) is 48.4. The van der Waals surface area contributed by atoms with Gasteiger partial charge in [0.1, 0.15) is 0 Å². The summed E-state index contributed by atoms with van der Waals surface area (Å²) in [6.45, 7) is 3.61. The van der Waals surface area contributed by atoms with Crippen LogP contribution in [0.2, 0.25) is 0 Å². The van der Waals surface area contributed by atoms with Crippen molar-refractivity contribution >= 4 is 11.9 Å². The van der Waals surface area contributed by atoms with Crippen molar-refractivity contribution in [3.63, 3.8) is 0 Å². The summed E-state index contributed by atoms with van der Waals surface area (Å²) in [6.07, 6.45) is 6.18. The lowest BCUT2D eigenvalue weighted by molar-refractivity contribution is -0.167. The van der Waals surface area contributed by atoms with Crippen LogP contribution in [-0.4, -0.2) is 34.4 Å². The molecule has 0 bridgehead atoms. The van der Waals surface area contributed by atoms with Gasteiger partial charge in [0.2, 0.25) is 0 Å². The summed E-state index contributed by atoms with van der Waals surface area (Å²) >= 11 is 0. The van der Waals surface area contributed by atoms with Crippen LogP contribution in [0.3, 0.4) is 0 Å². The number of carbonyl (C=O) groups is 2. The Balaban J connectivity index is 2.11. The number of esters is 1. The molecule has 3 rings (SSSR count). The maximum Gasteiger partial charge on any atom is 0.309 e. The number of aliphatic carboxylic acids is 1. The van der Waals surface area contributed by atoms with Gasteiger partial charge < -0.3 is 14.9 Å². The molecule has 0 amide bonds. The topological polar surface area (TPSA) is 83.8 Å². The van der Waals surface area contributed by atoms with E-state index in [1.54, 1.807) is 13.0 Å². The molecule has 2 N–H and O–H groups in total. The van der Waals surface area contributed by atoms with E-state index < -0.39 is 17.0 Å². The molecule has 5 nitrogen and oxygen atoms in total. The van der Waals surface area contributed by atoms with E-state index in [0.717, 1.165) is 12.8 Å². The van der Waals surface area contributed by atoms with Crippen LogP contribution in [0.1, 0.15) is 39.5 Å². The summed E-state index contributed by atoms with van der Waals surface area (Å²) in [4.78, 5) is 23.6. The standard InChI is InChI=1S/C16H22O5/c1-14-5-3-6-15(2,13(19)20)10(14)4-7-16(9-17)11(14)8-12(18)21-16/h4,7,10-11,17H,3,5-6,8-9H2,1-2H3,(H,19,20)/t10-,11-,14+,15+,16-/m1/s1. The van der Waals surface area contributed by atoms with Crippen LogP contribution < -0.4 is 0 Å². The van der Waals surface area contributed by atoms with E-state index in [1.807, 2.05) is 6.08 Å². The molecule has 5 heteroatoms. The molecule has 0 radical (unpaired) electrons. The Labute approximate surface area is 124 Å². The Morgan fingerprint density at radius 3 is 2.76 bits per heavy atom. The van der Waals surface area contributed by atoms with Crippen molar-refractivity contribution in [2.45, 2.75) is 45.1 Å². The van der Waals surface area contributed by atoms with E-state index in [2.05, 4.69) is 6.92 Å². The third kappa shape index (κ3) is 1.73. The molecule has 0 spiro atoms. The first kappa shape index (κ1) is 14.6. The lowest BCUT2D eigenvalue weighted by atomic mass is 9.47. The number of fused-ring (bicyclic) bond motifs is 3. The molecule has 1 aliphatic heterocycles. The summed E-state index contributed by atoms with van der Waals surface area (Å²) in [6, 6.07) is 0. The highest BCUT2D eigenvalue weighted by Gasteiger charge is 2.64. The Kier molecular flexibility index (Phi) is 3.00. The summed E-state index contributed by atoms with van der Waals surface area (Å²) in [5, 5.41) is 19.5. The summed E-state index contributed by atoms with van der Waals surface area (Å²) < 4.78 is 5.42. The van der Waals surface area contributed by atoms with E-state index in [1.165, 1.54) is 0 Å². The quantitative estimate of drug-likeness (QED) is 0.599. The smallest absolute Gasteiger partial charge is 0.309 e. The molecule has 1 saturated heterocycles. The van der Waals surface area contributed by atoms with Crippen molar-refractivity contribution in [3.05, 3.63) is 12.2 Å². The number of ether oxygens (including phenoxy) is 1. The van der Waals surface area contributed by atoms with Crippen molar-refractivity contribution < 1.29 is 24.5 Å². The number of aliphatic hydroxyl groups excluding tert-OH is 1. The minimum absolute atomic E-state index is 0.143. The molecule has 3 aliphatic rings. The lowest BCUT2D eigenvalue weighted by Crippen LogP contribution is -2.57. The maximum absolute atomic E-state index is 11.8. The number of carboxylic acids is 1. The van der Waals surface area contributed by atoms with Crippen LogP contribution in [0, 0.1) is 22.7 Å². The van der Waals surface area contributed by atoms with Gasteiger partial charge in [-0.15, -0.1) is 0 Å². The van der Waals surface area contributed by atoms with Crippen LogP contribution in [-0.2, 0) is 14.3 Å². The number of carboxylic acid groups (broad SMARTS) is 1. The first-order valence-electron chi connectivity index (χ1n) is 7.54. The minimum atomic E-state index is -0.959. The summed E-state index contributed by atoms with van der Waals surface area (Å²) in [7, 11) is 0. The second-order valence-electron chi connectivity index (χ2n) is 7.26. The zero-order chi connectivity index (χ0) is 15.5. The van der Waals surface area contributed by atoms with Crippen molar-refractivity contribution in [2.24, 2.45) is 22.7 Å². The molecule has 1 heterocycles. The molecule has 1 saturated carbocycles. The first-order chi connectivity index (χ1) is 9.78. The second kappa shape index (κ2) is 4.32.